The van der Waals surface area contributed by atoms with Crippen LogP contribution in [0.3, 0.4) is 0 Å². The van der Waals surface area contributed by atoms with E-state index in [0.717, 1.165) is 16.5 Å². The van der Waals surface area contributed by atoms with E-state index in [4.69, 9.17) is 33.7 Å². The Labute approximate surface area is 131 Å². The Kier molecular flexibility index (Phi) is 3.57. The van der Waals surface area contributed by atoms with Crippen LogP contribution in [-0.2, 0) is 0 Å². The smallest absolute Gasteiger partial charge is 0.134 e. The van der Waals surface area contributed by atoms with Crippen molar-refractivity contribution in [2.45, 2.75) is 0 Å². The average Bonchev–Trinajstić information content (AvgIpc) is 2.45. The van der Waals surface area contributed by atoms with Crippen molar-refractivity contribution >= 4 is 39.9 Å². The predicted molar refractivity (Wildman–Crippen MR) is 86.0 cm³/mol. The molecule has 3 rings (SSSR count). The van der Waals surface area contributed by atoms with Crippen LogP contribution in [0.5, 0.6) is 5.75 Å². The summed E-state index contributed by atoms with van der Waals surface area (Å²) in [7, 11) is 1.60. The first-order chi connectivity index (χ1) is 10.1. The van der Waals surface area contributed by atoms with Crippen LogP contribution >= 0.6 is 23.2 Å². The van der Waals surface area contributed by atoms with E-state index in [1.54, 1.807) is 13.2 Å². The molecule has 0 aliphatic carbocycles. The first kappa shape index (κ1) is 13.9. The molecule has 21 heavy (non-hydrogen) atoms. The van der Waals surface area contributed by atoms with Gasteiger partial charge in [-0.15, -0.1) is 0 Å². The Morgan fingerprint density at radius 1 is 1.05 bits per heavy atom. The van der Waals surface area contributed by atoms with E-state index in [0.29, 0.717) is 27.1 Å². The fourth-order valence-electron chi connectivity index (χ4n) is 2.28. The molecule has 0 fully saturated rings. The zero-order valence-electron chi connectivity index (χ0n) is 11.1. The van der Waals surface area contributed by atoms with Gasteiger partial charge in [0.25, 0.3) is 0 Å². The van der Waals surface area contributed by atoms with Gasteiger partial charge in [0, 0.05) is 15.4 Å². The summed E-state index contributed by atoms with van der Waals surface area (Å²) in [5, 5.41) is 1.83. The lowest BCUT2D eigenvalue weighted by Crippen LogP contribution is -1.97. The highest BCUT2D eigenvalue weighted by Crippen LogP contribution is 2.39. The number of anilines is 1. The van der Waals surface area contributed by atoms with Gasteiger partial charge in [0.2, 0.25) is 0 Å². The van der Waals surface area contributed by atoms with Gasteiger partial charge in [-0.1, -0.05) is 23.2 Å². The summed E-state index contributed by atoms with van der Waals surface area (Å²) in [6, 6.07) is 8.95. The predicted octanol–water partition coefficient (Wildman–Crippen LogP) is 4.19. The lowest BCUT2D eigenvalue weighted by molar-refractivity contribution is 0.417. The van der Waals surface area contributed by atoms with Gasteiger partial charge < -0.3 is 10.5 Å². The fraction of sp³-hybridized carbons (Fsp3) is 0.0667. The second-order valence-electron chi connectivity index (χ2n) is 4.46. The second kappa shape index (κ2) is 5.39. The standard InChI is InChI=1S/C15H11Cl2N3O/c1-21-12-3-2-11-14(19-7-20-15(11)18)13(12)8-4-9(16)6-10(17)5-8/h2-7H,1H3,(H2,18,19,20). The van der Waals surface area contributed by atoms with Crippen LogP contribution < -0.4 is 10.5 Å². The van der Waals surface area contributed by atoms with Crippen LogP contribution in [-0.4, -0.2) is 17.1 Å². The number of hydrogen-bond donors (Lipinski definition) is 1. The number of nitrogens with two attached hydrogens (primary N) is 1. The molecule has 1 heterocycles. The molecule has 3 aromatic rings. The molecule has 0 atom stereocenters. The van der Waals surface area contributed by atoms with E-state index < -0.39 is 0 Å². The van der Waals surface area contributed by atoms with Crippen LogP contribution in [0.4, 0.5) is 5.82 Å². The summed E-state index contributed by atoms with van der Waals surface area (Å²) >= 11 is 12.2. The van der Waals surface area contributed by atoms with Gasteiger partial charge in [-0.3, -0.25) is 0 Å². The minimum Gasteiger partial charge on any atom is -0.496 e. The Hall–Kier alpha value is -2.04. The lowest BCUT2D eigenvalue weighted by atomic mass is 10.0. The molecule has 0 unspecified atom stereocenters. The topological polar surface area (TPSA) is 61.0 Å². The van der Waals surface area contributed by atoms with Gasteiger partial charge in [-0.2, -0.15) is 0 Å². The molecule has 0 aliphatic rings. The number of fused-ring (bicyclic) bond motifs is 1. The van der Waals surface area contributed by atoms with Gasteiger partial charge in [0.1, 0.15) is 17.9 Å². The van der Waals surface area contributed by atoms with Crippen molar-refractivity contribution in [2.75, 3.05) is 12.8 Å². The van der Waals surface area contributed by atoms with Crippen molar-refractivity contribution in [1.29, 1.82) is 0 Å². The number of hydrogen-bond acceptors (Lipinski definition) is 4. The maximum absolute atomic E-state index is 6.10. The van der Waals surface area contributed by atoms with Crippen molar-refractivity contribution < 1.29 is 4.74 Å². The largest absolute Gasteiger partial charge is 0.496 e. The first-order valence-electron chi connectivity index (χ1n) is 6.14. The van der Waals surface area contributed by atoms with Crippen LogP contribution in [0, 0.1) is 0 Å². The van der Waals surface area contributed by atoms with Crippen LogP contribution in [0.15, 0.2) is 36.7 Å². The van der Waals surface area contributed by atoms with E-state index in [1.807, 2.05) is 24.3 Å². The molecular formula is C15H11Cl2N3O. The molecule has 0 spiro atoms. The molecule has 0 saturated carbocycles. The Morgan fingerprint density at radius 2 is 1.76 bits per heavy atom. The summed E-state index contributed by atoms with van der Waals surface area (Å²) < 4.78 is 5.44. The third-order valence-electron chi connectivity index (χ3n) is 3.17. The number of methoxy groups -OCH3 is 1. The molecule has 0 radical (unpaired) electrons. The highest BCUT2D eigenvalue weighted by molar-refractivity contribution is 6.35. The molecule has 1 aromatic heterocycles. The number of ether oxygens (including phenoxy) is 1. The second-order valence-corrected chi connectivity index (χ2v) is 5.33. The zero-order chi connectivity index (χ0) is 15.0. The van der Waals surface area contributed by atoms with E-state index >= 15 is 0 Å². The lowest BCUT2D eigenvalue weighted by Gasteiger charge is -2.13. The molecular weight excluding hydrogens is 309 g/mol. The monoisotopic (exact) mass is 319 g/mol. The van der Waals surface area contributed by atoms with Gasteiger partial charge in [0.05, 0.1) is 18.2 Å². The number of benzene rings is 2. The molecule has 2 aromatic carbocycles. The molecule has 0 saturated heterocycles. The zero-order valence-corrected chi connectivity index (χ0v) is 12.6. The summed E-state index contributed by atoms with van der Waals surface area (Å²) in [5.74, 6) is 1.08. The molecule has 6 heteroatoms. The quantitative estimate of drug-likeness (QED) is 0.769. The number of nitrogens with zero attached hydrogens (tertiary/aromatic N) is 2. The summed E-state index contributed by atoms with van der Waals surface area (Å²) in [4.78, 5) is 8.34. The summed E-state index contributed by atoms with van der Waals surface area (Å²) in [6.07, 6.45) is 1.42. The van der Waals surface area contributed by atoms with Crippen molar-refractivity contribution in [3.05, 3.63) is 46.7 Å². The first-order valence-corrected chi connectivity index (χ1v) is 6.89. The maximum atomic E-state index is 6.10. The number of aromatic nitrogens is 2. The fourth-order valence-corrected chi connectivity index (χ4v) is 2.81. The minimum absolute atomic E-state index is 0.414. The van der Waals surface area contributed by atoms with Gasteiger partial charge >= 0.3 is 0 Å². The van der Waals surface area contributed by atoms with E-state index in [2.05, 4.69) is 9.97 Å². The van der Waals surface area contributed by atoms with Crippen molar-refractivity contribution in [3.8, 4) is 16.9 Å². The Bertz CT molecular complexity index is 816. The van der Waals surface area contributed by atoms with Gasteiger partial charge in [-0.25, -0.2) is 9.97 Å². The minimum atomic E-state index is 0.414. The third-order valence-corrected chi connectivity index (χ3v) is 3.61. The number of halogens is 2. The Morgan fingerprint density at radius 3 is 2.43 bits per heavy atom. The van der Waals surface area contributed by atoms with Crippen molar-refractivity contribution in [1.82, 2.24) is 9.97 Å². The SMILES string of the molecule is COc1ccc2c(N)ncnc2c1-c1cc(Cl)cc(Cl)c1. The normalized spacial score (nSPS) is 10.8. The molecule has 0 aliphatic heterocycles. The van der Waals surface area contributed by atoms with E-state index in [9.17, 15) is 0 Å². The van der Waals surface area contributed by atoms with Gasteiger partial charge in [-0.05, 0) is 35.9 Å². The van der Waals surface area contributed by atoms with Crippen LogP contribution in [0.2, 0.25) is 10.0 Å². The highest BCUT2D eigenvalue weighted by atomic mass is 35.5. The average molecular weight is 320 g/mol. The highest BCUT2D eigenvalue weighted by Gasteiger charge is 2.14. The molecule has 106 valence electrons. The van der Waals surface area contributed by atoms with E-state index in [1.165, 1.54) is 6.33 Å². The van der Waals surface area contributed by atoms with E-state index in [-0.39, 0.29) is 0 Å². The number of rotatable bonds is 2. The van der Waals surface area contributed by atoms with Crippen molar-refractivity contribution in [3.63, 3.8) is 0 Å². The maximum Gasteiger partial charge on any atom is 0.134 e. The molecule has 0 amide bonds. The molecule has 4 nitrogen and oxygen atoms in total. The third kappa shape index (κ3) is 2.48. The molecule has 0 bridgehead atoms. The molecule has 2 N–H and O–H groups in total. The van der Waals surface area contributed by atoms with Crippen LogP contribution in [0.25, 0.3) is 22.0 Å². The van der Waals surface area contributed by atoms with Crippen LogP contribution in [0.1, 0.15) is 0 Å². The van der Waals surface area contributed by atoms with Crippen molar-refractivity contribution in [2.24, 2.45) is 0 Å². The summed E-state index contributed by atoms with van der Waals surface area (Å²) in [6.45, 7) is 0. The van der Waals surface area contributed by atoms with Gasteiger partial charge in [0.15, 0.2) is 0 Å². The number of nitrogen functional groups attached to an aromatic ring is 1. The summed E-state index contributed by atoms with van der Waals surface area (Å²) in [5.41, 5.74) is 8.20. The Balaban J connectivity index is 2.41.